The molecule has 0 aromatic carbocycles. The minimum atomic E-state index is -0.883. The largest absolute Gasteiger partial charge is 0.459 e. The summed E-state index contributed by atoms with van der Waals surface area (Å²) in [5.41, 5.74) is 2.18. The van der Waals surface area contributed by atoms with Crippen molar-refractivity contribution in [1.29, 1.82) is 0 Å². The van der Waals surface area contributed by atoms with Crippen LogP contribution in [0.5, 0.6) is 0 Å². The van der Waals surface area contributed by atoms with Crippen LogP contribution in [0.25, 0.3) is 0 Å². The average molecular weight is 1070 g/mol. The van der Waals surface area contributed by atoms with Gasteiger partial charge in [0.05, 0.1) is 116 Å². The lowest BCUT2D eigenvalue weighted by atomic mass is 9.78. The highest BCUT2D eigenvalue weighted by Gasteiger charge is 2.70. The number of ether oxygens (including phenoxy) is 15. The van der Waals surface area contributed by atoms with Crippen molar-refractivity contribution in [2.24, 2.45) is 23.7 Å². The quantitative estimate of drug-likeness (QED) is 0.220. The molecule has 16 aliphatic rings. The molecule has 17 heteroatoms. The number of esters is 1. The summed E-state index contributed by atoms with van der Waals surface area (Å²) in [7, 11) is 0. The van der Waals surface area contributed by atoms with Crippen LogP contribution in [0.3, 0.4) is 0 Å². The van der Waals surface area contributed by atoms with E-state index in [0.29, 0.717) is 57.8 Å². The van der Waals surface area contributed by atoms with Gasteiger partial charge in [-0.2, -0.15) is 0 Å². The van der Waals surface area contributed by atoms with E-state index in [1.807, 2.05) is 0 Å². The Kier molecular flexibility index (Phi) is 12.8. The van der Waals surface area contributed by atoms with Gasteiger partial charge in [-0.3, -0.25) is 4.79 Å². The Morgan fingerprint density at radius 1 is 0.487 bits per heavy atom. The third kappa shape index (κ3) is 8.57. The molecule has 16 rings (SSSR count). The SMILES string of the molecule is C=C1CC2CCC34CC5OC6C(OC7CCC(CC(=O)OC8C(CC9OC(CCC1O2)CC(C)C9=C)OC1CC2OC9(CC2OC1C8C)CC1OC2(CC(C)C8OC(CC)C(O)CC8O2)CC(C)C1O9)OC7C6O3)C5O4. The third-order valence-corrected chi connectivity index (χ3v) is 21.6. The first kappa shape index (κ1) is 51.2. The highest BCUT2D eigenvalue weighted by Crippen LogP contribution is 2.58. The Morgan fingerprint density at radius 3 is 2.01 bits per heavy atom. The third-order valence-electron chi connectivity index (χ3n) is 21.6. The number of carbonyl (C=O) groups excluding carboxylic acids is 1. The minimum Gasteiger partial charge on any atom is -0.459 e. The first-order chi connectivity index (χ1) is 36.6. The lowest BCUT2D eigenvalue weighted by molar-refractivity contribution is -0.371. The molecule has 1 N–H and O–H groups in total. The van der Waals surface area contributed by atoms with Gasteiger partial charge in [0.2, 0.25) is 0 Å². The Morgan fingerprint density at radius 2 is 1.16 bits per heavy atom. The van der Waals surface area contributed by atoms with Crippen molar-refractivity contribution >= 4 is 5.97 Å². The van der Waals surface area contributed by atoms with Crippen LogP contribution in [0.1, 0.15) is 150 Å². The fraction of sp³-hybridized carbons (Fsp3) is 0.915. The molecule has 16 heterocycles. The van der Waals surface area contributed by atoms with E-state index in [9.17, 15) is 9.90 Å². The van der Waals surface area contributed by atoms with Crippen molar-refractivity contribution in [1.82, 2.24) is 0 Å². The molecule has 0 radical (unpaired) electrons. The van der Waals surface area contributed by atoms with Gasteiger partial charge in [-0.25, -0.2) is 0 Å². The zero-order valence-corrected chi connectivity index (χ0v) is 45.3. The molecule has 0 aliphatic carbocycles. The summed E-state index contributed by atoms with van der Waals surface area (Å²) in [6.07, 6.45) is 5.65. The molecule has 16 fully saturated rings. The van der Waals surface area contributed by atoms with Gasteiger partial charge in [0.25, 0.3) is 0 Å². The predicted molar refractivity (Wildman–Crippen MR) is 266 cm³/mol. The molecule has 16 aliphatic heterocycles. The second-order valence-corrected chi connectivity index (χ2v) is 26.9. The summed E-state index contributed by atoms with van der Waals surface area (Å²) in [4.78, 5) is 14.6. The summed E-state index contributed by atoms with van der Waals surface area (Å²) >= 11 is 0. The summed E-state index contributed by atoms with van der Waals surface area (Å²) < 4.78 is 104. The second-order valence-electron chi connectivity index (χ2n) is 26.9. The maximum Gasteiger partial charge on any atom is 0.308 e. The number of aliphatic hydroxyl groups excluding tert-OH is 1. The van der Waals surface area contributed by atoms with E-state index in [0.717, 1.165) is 62.5 Å². The van der Waals surface area contributed by atoms with Gasteiger partial charge in [-0.15, -0.1) is 0 Å². The molecule has 16 saturated heterocycles. The maximum atomic E-state index is 14.6. The Hall–Kier alpha value is -1.65. The fourth-order valence-electron chi connectivity index (χ4n) is 18.0. The van der Waals surface area contributed by atoms with Gasteiger partial charge in [0.15, 0.2) is 17.4 Å². The Labute approximate surface area is 447 Å². The zero-order valence-electron chi connectivity index (χ0n) is 45.3. The predicted octanol–water partition coefficient (Wildman–Crippen LogP) is 6.59. The van der Waals surface area contributed by atoms with E-state index in [1.54, 1.807) is 0 Å². The van der Waals surface area contributed by atoms with Crippen molar-refractivity contribution in [3.05, 3.63) is 24.3 Å². The van der Waals surface area contributed by atoms with Gasteiger partial charge in [-0.05, 0) is 80.3 Å². The van der Waals surface area contributed by atoms with E-state index in [2.05, 4.69) is 47.8 Å². The van der Waals surface area contributed by atoms with E-state index in [4.69, 9.17) is 71.1 Å². The minimum absolute atomic E-state index is 0.00443. The molecule has 0 aromatic rings. The van der Waals surface area contributed by atoms with Crippen LogP contribution >= 0.6 is 0 Å². The molecular weight excluding hydrogens is 981 g/mol. The van der Waals surface area contributed by atoms with Crippen molar-refractivity contribution < 1.29 is 81.0 Å². The molecule has 0 amide bonds. The van der Waals surface area contributed by atoms with Crippen molar-refractivity contribution in [2.45, 2.75) is 314 Å². The zero-order chi connectivity index (χ0) is 51.7. The summed E-state index contributed by atoms with van der Waals surface area (Å²) in [6, 6.07) is 0. The number of hydrogen-bond acceptors (Lipinski definition) is 17. The van der Waals surface area contributed by atoms with Crippen LogP contribution in [0.4, 0.5) is 0 Å². The molecule has 31 atom stereocenters. The number of hydrogen-bond donors (Lipinski definition) is 1. The summed E-state index contributed by atoms with van der Waals surface area (Å²) in [5.74, 6) is -2.43. The summed E-state index contributed by atoms with van der Waals surface area (Å²) in [5, 5.41) is 10.9. The molecule has 31 unspecified atom stereocenters. The monoisotopic (exact) mass is 1060 g/mol. The molecule has 76 heavy (non-hydrogen) atoms. The van der Waals surface area contributed by atoms with Crippen molar-refractivity contribution in [3.63, 3.8) is 0 Å². The Bertz CT molecular complexity index is 2270. The Balaban J connectivity index is 0.669. The van der Waals surface area contributed by atoms with Gasteiger partial charge >= 0.3 is 5.97 Å². The molecule has 17 nitrogen and oxygen atoms in total. The number of carbonyl (C=O) groups is 1. The van der Waals surface area contributed by atoms with Gasteiger partial charge in [0, 0.05) is 63.7 Å². The second kappa shape index (κ2) is 18.9. The number of aliphatic hydroxyl groups is 1. The molecule has 0 saturated carbocycles. The van der Waals surface area contributed by atoms with Crippen LogP contribution in [-0.2, 0) is 75.8 Å². The standard InChI is InChI=1S/C59H84O17/c1-8-36-35(60)18-43-48(66-36)28(4)21-58(72-43)22-29(5)49-46(73-58)25-59(74-49)23-44-40(71-59)20-42-50(68-44)31(7)51-41(65-42)19-39-30(6)26(2)15-32(63-39)9-11-37-27(3)16-34(62-37)13-14-57-24-45-53(75-57)54-55(69-45)56(76-57)52-38(67-54)12-10-33(64-52)17-47(61)70-51/h26,28-29,31-46,48-56,60H,3,6,8-25H2,1-2,4-5,7H3. The lowest BCUT2D eigenvalue weighted by Crippen LogP contribution is -2.62. The van der Waals surface area contributed by atoms with Gasteiger partial charge < -0.3 is 76.2 Å². The topological polar surface area (TPSA) is 176 Å². The van der Waals surface area contributed by atoms with Crippen LogP contribution < -0.4 is 0 Å². The van der Waals surface area contributed by atoms with Gasteiger partial charge in [-0.1, -0.05) is 47.8 Å². The number of fused-ring (bicyclic) bond motifs is 10. The van der Waals surface area contributed by atoms with Crippen LogP contribution in [0, 0.1) is 23.7 Å². The van der Waals surface area contributed by atoms with Crippen LogP contribution in [0.2, 0.25) is 0 Å². The number of rotatable bonds is 1. The molecule has 12 bridgehead atoms. The van der Waals surface area contributed by atoms with Crippen molar-refractivity contribution in [3.8, 4) is 0 Å². The molecule has 422 valence electrons. The molecular formula is C59H84O17. The fourth-order valence-corrected chi connectivity index (χ4v) is 18.0. The average Bonchev–Trinajstić information content (AvgIpc) is 4.36. The first-order valence-electron chi connectivity index (χ1n) is 30.1. The van der Waals surface area contributed by atoms with Crippen LogP contribution in [0.15, 0.2) is 24.3 Å². The molecule has 0 aromatic heterocycles. The maximum absolute atomic E-state index is 14.6. The van der Waals surface area contributed by atoms with E-state index in [-0.39, 0.29) is 152 Å². The van der Waals surface area contributed by atoms with E-state index < -0.39 is 47.9 Å². The van der Waals surface area contributed by atoms with Crippen LogP contribution in [-0.4, -0.2) is 175 Å². The van der Waals surface area contributed by atoms with E-state index >= 15 is 0 Å². The first-order valence-corrected chi connectivity index (χ1v) is 30.1. The highest BCUT2D eigenvalue weighted by molar-refractivity contribution is 5.70. The van der Waals surface area contributed by atoms with Gasteiger partial charge in [0.1, 0.15) is 36.6 Å². The van der Waals surface area contributed by atoms with E-state index in [1.165, 1.54) is 0 Å². The lowest BCUT2D eigenvalue weighted by Gasteiger charge is -2.54. The smallest absolute Gasteiger partial charge is 0.308 e. The normalized spacial score (nSPS) is 59.3. The summed E-state index contributed by atoms with van der Waals surface area (Å²) in [6.45, 7) is 20.0. The van der Waals surface area contributed by atoms with Crippen molar-refractivity contribution in [2.75, 3.05) is 0 Å². The highest BCUT2D eigenvalue weighted by atomic mass is 16.8. The molecule has 3 spiro atoms.